The van der Waals surface area contributed by atoms with E-state index in [4.69, 9.17) is 15.3 Å². The average Bonchev–Trinajstić information content (AvgIpc) is 2.03. The zero-order chi connectivity index (χ0) is 10.4. The van der Waals surface area contributed by atoms with E-state index in [1.54, 1.807) is 18.9 Å². The van der Waals surface area contributed by atoms with E-state index >= 15 is 0 Å². The van der Waals surface area contributed by atoms with Gasteiger partial charge in [-0.15, -0.1) is 0 Å². The molecule has 0 radical (unpaired) electrons. The molecule has 0 heterocycles. The van der Waals surface area contributed by atoms with Crippen molar-refractivity contribution >= 4 is 5.97 Å². The van der Waals surface area contributed by atoms with E-state index in [-0.39, 0.29) is 13.2 Å². The van der Waals surface area contributed by atoms with Crippen molar-refractivity contribution in [2.45, 2.75) is 13.0 Å². The second-order valence-electron chi connectivity index (χ2n) is 3.30. The molecular formula is C8H17NO4. The average molecular weight is 191 g/mol. The molecule has 0 aromatic rings. The van der Waals surface area contributed by atoms with Gasteiger partial charge < -0.3 is 20.2 Å². The van der Waals surface area contributed by atoms with Gasteiger partial charge in [0.05, 0.1) is 18.6 Å². The van der Waals surface area contributed by atoms with Crippen molar-refractivity contribution in [3.63, 3.8) is 0 Å². The quantitative estimate of drug-likeness (QED) is 0.501. The number of hydrogen-bond acceptors (Lipinski definition) is 4. The Balaban J connectivity index is 3.73. The van der Waals surface area contributed by atoms with Crippen LogP contribution in [0.2, 0.25) is 0 Å². The monoisotopic (exact) mass is 191 g/mol. The molecule has 0 aromatic carbocycles. The smallest absolute Gasteiger partial charge is 0.307 e. The summed E-state index contributed by atoms with van der Waals surface area (Å²) in [7, 11) is 1.71. The standard InChI is InChI=1S/C8H17NO4/c1-6(8(12)13)3-9(2)4-7(11)5-10/h6-7,10-11H,3-5H2,1-2H3,(H,12,13). The van der Waals surface area contributed by atoms with Gasteiger partial charge in [-0.05, 0) is 7.05 Å². The third kappa shape index (κ3) is 5.57. The molecule has 2 atom stereocenters. The predicted molar refractivity (Wildman–Crippen MR) is 47.4 cm³/mol. The first-order valence-corrected chi connectivity index (χ1v) is 4.17. The lowest BCUT2D eigenvalue weighted by Gasteiger charge is -2.20. The normalized spacial score (nSPS) is 15.8. The highest BCUT2D eigenvalue weighted by molar-refractivity contribution is 5.69. The highest BCUT2D eigenvalue weighted by Gasteiger charge is 2.15. The molecule has 5 nitrogen and oxygen atoms in total. The van der Waals surface area contributed by atoms with Crippen LogP contribution < -0.4 is 0 Å². The lowest BCUT2D eigenvalue weighted by Crippen LogP contribution is -2.35. The lowest BCUT2D eigenvalue weighted by atomic mass is 10.1. The van der Waals surface area contributed by atoms with Crippen LogP contribution in [0.3, 0.4) is 0 Å². The number of carboxylic acid groups (broad SMARTS) is 1. The second kappa shape index (κ2) is 5.90. The molecule has 2 unspecified atom stereocenters. The van der Waals surface area contributed by atoms with E-state index in [2.05, 4.69) is 0 Å². The largest absolute Gasteiger partial charge is 0.481 e. The van der Waals surface area contributed by atoms with Gasteiger partial charge in [0.15, 0.2) is 0 Å². The van der Waals surface area contributed by atoms with E-state index in [1.807, 2.05) is 0 Å². The Kier molecular flexibility index (Phi) is 5.61. The fourth-order valence-corrected chi connectivity index (χ4v) is 1.04. The molecule has 0 saturated heterocycles. The minimum absolute atomic E-state index is 0.286. The fraction of sp³-hybridized carbons (Fsp3) is 0.875. The van der Waals surface area contributed by atoms with Crippen LogP contribution in [0.1, 0.15) is 6.92 Å². The Hall–Kier alpha value is -0.650. The summed E-state index contributed by atoms with van der Waals surface area (Å²) in [6, 6.07) is 0. The third-order valence-electron chi connectivity index (χ3n) is 1.74. The Labute approximate surface area is 77.6 Å². The van der Waals surface area contributed by atoms with Crippen LogP contribution in [-0.4, -0.2) is 59.0 Å². The molecule has 0 rings (SSSR count). The predicted octanol–water partition coefficient (Wildman–Crippen LogP) is -1.01. The summed E-state index contributed by atoms with van der Waals surface area (Å²) < 4.78 is 0. The molecule has 13 heavy (non-hydrogen) atoms. The van der Waals surface area contributed by atoms with E-state index in [0.717, 1.165) is 0 Å². The summed E-state index contributed by atoms with van der Waals surface area (Å²) in [6.45, 7) is 1.95. The molecule has 78 valence electrons. The molecule has 0 aromatic heterocycles. The van der Waals surface area contributed by atoms with Crippen molar-refractivity contribution in [1.82, 2.24) is 4.90 Å². The summed E-state index contributed by atoms with van der Waals surface area (Å²) >= 11 is 0. The van der Waals surface area contributed by atoms with Gasteiger partial charge in [-0.3, -0.25) is 4.79 Å². The second-order valence-corrected chi connectivity index (χ2v) is 3.30. The molecule has 0 saturated carbocycles. The Morgan fingerprint density at radius 3 is 2.38 bits per heavy atom. The molecule has 0 spiro atoms. The van der Waals surface area contributed by atoms with Crippen molar-refractivity contribution in [2.24, 2.45) is 5.92 Å². The fourth-order valence-electron chi connectivity index (χ4n) is 1.04. The van der Waals surface area contributed by atoms with E-state index in [1.165, 1.54) is 0 Å². The Bertz CT molecular complexity index is 162. The maximum absolute atomic E-state index is 10.5. The zero-order valence-electron chi connectivity index (χ0n) is 7.97. The molecule has 0 aliphatic rings. The van der Waals surface area contributed by atoms with Crippen molar-refractivity contribution in [1.29, 1.82) is 0 Å². The number of aliphatic hydroxyl groups excluding tert-OH is 2. The number of aliphatic hydroxyl groups is 2. The number of carbonyl (C=O) groups is 1. The zero-order valence-corrected chi connectivity index (χ0v) is 7.97. The minimum atomic E-state index is -0.856. The van der Waals surface area contributed by atoms with Gasteiger partial charge in [-0.2, -0.15) is 0 Å². The topological polar surface area (TPSA) is 81.0 Å². The van der Waals surface area contributed by atoms with Gasteiger partial charge in [-0.25, -0.2) is 0 Å². The number of likely N-dealkylation sites (N-methyl/N-ethyl adjacent to an activating group) is 1. The van der Waals surface area contributed by atoms with Crippen LogP contribution in [0, 0.1) is 5.92 Å². The van der Waals surface area contributed by atoms with Crippen molar-refractivity contribution < 1.29 is 20.1 Å². The van der Waals surface area contributed by atoms with E-state index in [0.29, 0.717) is 6.54 Å². The van der Waals surface area contributed by atoms with E-state index in [9.17, 15) is 4.79 Å². The van der Waals surface area contributed by atoms with Crippen LogP contribution in [0.25, 0.3) is 0 Å². The molecule has 0 amide bonds. The molecule has 5 heteroatoms. The summed E-state index contributed by atoms with van der Waals surface area (Å²) in [5, 5.41) is 26.2. The summed E-state index contributed by atoms with van der Waals surface area (Å²) in [4.78, 5) is 12.1. The van der Waals surface area contributed by atoms with Crippen molar-refractivity contribution in [2.75, 3.05) is 26.7 Å². The SMILES string of the molecule is CC(CN(C)CC(O)CO)C(=O)O. The number of aliphatic carboxylic acids is 1. The minimum Gasteiger partial charge on any atom is -0.481 e. The first-order chi connectivity index (χ1) is 5.97. The Morgan fingerprint density at radius 2 is 2.00 bits per heavy atom. The number of carboxylic acids is 1. The van der Waals surface area contributed by atoms with Crippen molar-refractivity contribution in [3.8, 4) is 0 Å². The summed E-state index contributed by atoms with van der Waals surface area (Å²) in [6.07, 6.45) is -0.800. The van der Waals surface area contributed by atoms with Crippen LogP contribution in [0.15, 0.2) is 0 Å². The molecular weight excluding hydrogens is 174 g/mol. The summed E-state index contributed by atoms with van der Waals surface area (Å²) in [5.41, 5.74) is 0. The number of hydrogen-bond donors (Lipinski definition) is 3. The Morgan fingerprint density at radius 1 is 1.46 bits per heavy atom. The van der Waals surface area contributed by atoms with Gasteiger partial charge in [0.1, 0.15) is 0 Å². The maximum atomic E-state index is 10.5. The molecule has 0 fully saturated rings. The van der Waals surface area contributed by atoms with E-state index < -0.39 is 18.0 Å². The van der Waals surface area contributed by atoms with Crippen LogP contribution in [0.5, 0.6) is 0 Å². The first-order valence-electron chi connectivity index (χ1n) is 4.17. The maximum Gasteiger partial charge on any atom is 0.307 e. The molecule has 3 N–H and O–H groups in total. The lowest BCUT2D eigenvalue weighted by molar-refractivity contribution is -0.141. The molecule has 0 bridgehead atoms. The van der Waals surface area contributed by atoms with Gasteiger partial charge in [-0.1, -0.05) is 6.92 Å². The van der Waals surface area contributed by atoms with Gasteiger partial charge in [0.25, 0.3) is 0 Å². The van der Waals surface area contributed by atoms with Crippen molar-refractivity contribution in [3.05, 3.63) is 0 Å². The first kappa shape index (κ1) is 12.3. The number of rotatable bonds is 6. The number of nitrogens with zero attached hydrogens (tertiary/aromatic N) is 1. The van der Waals surface area contributed by atoms with Crippen LogP contribution in [0.4, 0.5) is 0 Å². The van der Waals surface area contributed by atoms with Gasteiger partial charge in [0, 0.05) is 13.1 Å². The van der Waals surface area contributed by atoms with Crippen LogP contribution in [-0.2, 0) is 4.79 Å². The third-order valence-corrected chi connectivity index (χ3v) is 1.74. The highest BCUT2D eigenvalue weighted by Crippen LogP contribution is 1.98. The molecule has 0 aliphatic carbocycles. The highest BCUT2D eigenvalue weighted by atomic mass is 16.4. The van der Waals surface area contributed by atoms with Gasteiger partial charge in [0.2, 0.25) is 0 Å². The van der Waals surface area contributed by atoms with Gasteiger partial charge >= 0.3 is 5.97 Å². The van der Waals surface area contributed by atoms with Crippen LogP contribution >= 0.6 is 0 Å². The summed E-state index contributed by atoms with van der Waals surface area (Å²) in [5.74, 6) is -1.32. The molecule has 0 aliphatic heterocycles.